The average Bonchev–Trinajstić information content (AvgIpc) is 2.68. The molecule has 2 aromatic carbocycles. The Morgan fingerprint density at radius 2 is 1.59 bits per heavy atom. The largest absolute Gasteiger partial charge is 0.497 e. The highest BCUT2D eigenvalue weighted by atomic mass is 19.2. The van der Waals surface area contributed by atoms with Crippen molar-refractivity contribution in [2.75, 3.05) is 14.2 Å². The molecule has 6 nitrogen and oxygen atoms in total. The molecule has 2 aromatic rings. The summed E-state index contributed by atoms with van der Waals surface area (Å²) in [6.45, 7) is 1.51. The van der Waals surface area contributed by atoms with Crippen LogP contribution in [0.4, 0.5) is 8.78 Å². The maximum atomic E-state index is 13.5. The zero-order chi connectivity index (χ0) is 20.0. The smallest absolute Gasteiger partial charge is 0.261 e. The number of hydrogen-bond donors (Lipinski definition) is 2. The van der Waals surface area contributed by atoms with E-state index in [1.807, 2.05) is 0 Å². The van der Waals surface area contributed by atoms with Crippen molar-refractivity contribution in [2.24, 2.45) is 0 Å². The van der Waals surface area contributed by atoms with Gasteiger partial charge in [-0.2, -0.15) is 0 Å². The van der Waals surface area contributed by atoms with Crippen LogP contribution < -0.4 is 20.1 Å². The van der Waals surface area contributed by atoms with Gasteiger partial charge in [0.1, 0.15) is 17.5 Å². The first-order valence-corrected chi connectivity index (χ1v) is 8.13. The third-order valence-electron chi connectivity index (χ3n) is 3.81. The summed E-state index contributed by atoms with van der Waals surface area (Å²) in [5.74, 6) is -2.26. The molecule has 2 N–H and O–H groups in total. The van der Waals surface area contributed by atoms with E-state index in [0.717, 1.165) is 12.1 Å². The number of nitrogens with one attached hydrogen (secondary N) is 2. The van der Waals surface area contributed by atoms with E-state index in [0.29, 0.717) is 11.5 Å². The standard InChI is InChI=1S/C19H20F2N2O4/c1-11(27-14-7-5-13(26-3)6-8-14)18(24)23-17(19(25)22-2)12-4-9-15(20)16(21)10-12/h4-11,17H,1-3H3,(H,22,25)(H,23,24). The Hall–Kier alpha value is -3.16. The number of amides is 2. The molecule has 27 heavy (non-hydrogen) atoms. The third kappa shape index (κ3) is 5.16. The van der Waals surface area contributed by atoms with Gasteiger partial charge < -0.3 is 20.1 Å². The number of carbonyl (C=O) groups excluding carboxylic acids is 2. The Morgan fingerprint density at radius 3 is 2.15 bits per heavy atom. The van der Waals surface area contributed by atoms with Gasteiger partial charge in [0.2, 0.25) is 5.91 Å². The van der Waals surface area contributed by atoms with Crippen LogP contribution in [-0.4, -0.2) is 32.1 Å². The molecule has 2 atom stereocenters. The van der Waals surface area contributed by atoms with Crippen LogP contribution in [-0.2, 0) is 9.59 Å². The minimum Gasteiger partial charge on any atom is -0.497 e. The Bertz CT molecular complexity index is 812. The molecular weight excluding hydrogens is 358 g/mol. The topological polar surface area (TPSA) is 76.7 Å². The second-order valence-electron chi connectivity index (χ2n) is 5.67. The molecule has 0 bridgehead atoms. The number of likely N-dealkylation sites (N-methyl/N-ethyl adjacent to an activating group) is 1. The molecule has 0 aliphatic heterocycles. The van der Waals surface area contributed by atoms with Gasteiger partial charge in [-0.05, 0) is 48.9 Å². The minimum absolute atomic E-state index is 0.109. The second kappa shape index (κ2) is 8.98. The van der Waals surface area contributed by atoms with Gasteiger partial charge in [-0.1, -0.05) is 6.07 Å². The Labute approximate surface area is 155 Å². The van der Waals surface area contributed by atoms with Crippen LogP contribution in [0.25, 0.3) is 0 Å². The van der Waals surface area contributed by atoms with Crippen molar-refractivity contribution in [3.8, 4) is 11.5 Å². The van der Waals surface area contributed by atoms with E-state index in [2.05, 4.69) is 10.6 Å². The first-order chi connectivity index (χ1) is 12.8. The van der Waals surface area contributed by atoms with E-state index in [1.165, 1.54) is 27.1 Å². The quantitative estimate of drug-likeness (QED) is 0.776. The number of ether oxygens (including phenoxy) is 2. The highest BCUT2D eigenvalue weighted by Gasteiger charge is 2.26. The molecular formula is C19H20F2N2O4. The maximum absolute atomic E-state index is 13.5. The van der Waals surface area contributed by atoms with E-state index in [4.69, 9.17) is 9.47 Å². The summed E-state index contributed by atoms with van der Waals surface area (Å²) < 4.78 is 37.2. The lowest BCUT2D eigenvalue weighted by Gasteiger charge is -2.21. The van der Waals surface area contributed by atoms with Gasteiger partial charge in [0.15, 0.2) is 17.7 Å². The van der Waals surface area contributed by atoms with Crippen LogP contribution in [0.15, 0.2) is 42.5 Å². The van der Waals surface area contributed by atoms with Gasteiger partial charge in [-0.15, -0.1) is 0 Å². The van der Waals surface area contributed by atoms with Crippen LogP contribution in [0.3, 0.4) is 0 Å². The molecule has 0 aliphatic rings. The summed E-state index contributed by atoms with van der Waals surface area (Å²) in [5.41, 5.74) is 0.109. The van der Waals surface area contributed by atoms with Crippen molar-refractivity contribution < 1.29 is 27.8 Å². The number of methoxy groups -OCH3 is 1. The van der Waals surface area contributed by atoms with Gasteiger partial charge in [0.25, 0.3) is 5.91 Å². The fourth-order valence-electron chi connectivity index (χ4n) is 2.31. The number of carbonyl (C=O) groups is 2. The van der Waals surface area contributed by atoms with Crippen LogP contribution in [0.1, 0.15) is 18.5 Å². The number of hydrogen-bond acceptors (Lipinski definition) is 4. The van der Waals surface area contributed by atoms with E-state index in [-0.39, 0.29) is 5.56 Å². The molecule has 0 fully saturated rings. The lowest BCUT2D eigenvalue weighted by Crippen LogP contribution is -2.44. The van der Waals surface area contributed by atoms with Crippen molar-refractivity contribution in [2.45, 2.75) is 19.1 Å². The molecule has 0 radical (unpaired) electrons. The second-order valence-corrected chi connectivity index (χ2v) is 5.67. The van der Waals surface area contributed by atoms with E-state index >= 15 is 0 Å². The predicted octanol–water partition coefficient (Wildman–Crippen LogP) is 2.34. The highest BCUT2D eigenvalue weighted by molar-refractivity contribution is 5.90. The molecule has 0 heterocycles. The molecule has 8 heteroatoms. The summed E-state index contributed by atoms with van der Waals surface area (Å²) in [6, 6.07) is 8.41. The monoisotopic (exact) mass is 378 g/mol. The van der Waals surface area contributed by atoms with Crippen molar-refractivity contribution >= 4 is 11.8 Å². The zero-order valence-electron chi connectivity index (χ0n) is 15.1. The van der Waals surface area contributed by atoms with E-state index < -0.39 is 35.6 Å². The van der Waals surface area contributed by atoms with Gasteiger partial charge in [-0.3, -0.25) is 9.59 Å². The van der Waals surface area contributed by atoms with E-state index in [1.54, 1.807) is 24.3 Å². The molecule has 0 aromatic heterocycles. The first-order valence-electron chi connectivity index (χ1n) is 8.13. The molecule has 2 unspecified atom stereocenters. The number of halogens is 2. The summed E-state index contributed by atoms with van der Waals surface area (Å²) in [6.07, 6.45) is -0.934. The maximum Gasteiger partial charge on any atom is 0.261 e. The van der Waals surface area contributed by atoms with Crippen molar-refractivity contribution in [3.63, 3.8) is 0 Å². The molecule has 0 saturated heterocycles. The first kappa shape index (κ1) is 20.2. The molecule has 2 amide bonds. The Balaban J connectivity index is 2.11. The van der Waals surface area contributed by atoms with Gasteiger partial charge >= 0.3 is 0 Å². The average molecular weight is 378 g/mol. The van der Waals surface area contributed by atoms with Crippen LogP contribution in [0.2, 0.25) is 0 Å². The van der Waals surface area contributed by atoms with Gasteiger partial charge in [0.05, 0.1) is 7.11 Å². The molecule has 2 rings (SSSR count). The fraction of sp³-hybridized carbons (Fsp3) is 0.263. The van der Waals surface area contributed by atoms with Gasteiger partial charge in [-0.25, -0.2) is 8.78 Å². The van der Waals surface area contributed by atoms with Crippen molar-refractivity contribution in [1.82, 2.24) is 10.6 Å². The van der Waals surface area contributed by atoms with Crippen LogP contribution >= 0.6 is 0 Å². The molecule has 0 spiro atoms. The van der Waals surface area contributed by atoms with Crippen LogP contribution in [0, 0.1) is 11.6 Å². The molecule has 0 saturated carbocycles. The van der Waals surface area contributed by atoms with Crippen molar-refractivity contribution in [1.29, 1.82) is 0 Å². The SMILES string of the molecule is CNC(=O)C(NC(=O)C(C)Oc1ccc(OC)cc1)c1ccc(F)c(F)c1. The summed E-state index contributed by atoms with van der Waals surface area (Å²) >= 11 is 0. The predicted molar refractivity (Wildman–Crippen MR) is 94.4 cm³/mol. The third-order valence-corrected chi connectivity index (χ3v) is 3.81. The lowest BCUT2D eigenvalue weighted by atomic mass is 10.1. The zero-order valence-corrected chi connectivity index (χ0v) is 15.1. The Morgan fingerprint density at radius 1 is 0.963 bits per heavy atom. The van der Waals surface area contributed by atoms with Crippen molar-refractivity contribution in [3.05, 3.63) is 59.7 Å². The molecule has 0 aliphatic carbocycles. The van der Waals surface area contributed by atoms with E-state index in [9.17, 15) is 18.4 Å². The molecule has 144 valence electrons. The van der Waals surface area contributed by atoms with Gasteiger partial charge in [0, 0.05) is 7.05 Å². The number of benzene rings is 2. The number of rotatable bonds is 7. The van der Waals surface area contributed by atoms with Crippen LogP contribution in [0.5, 0.6) is 11.5 Å². The Kier molecular flexibility index (Phi) is 6.70. The summed E-state index contributed by atoms with van der Waals surface area (Å²) in [7, 11) is 2.90. The summed E-state index contributed by atoms with van der Waals surface area (Å²) in [5, 5.41) is 4.86. The lowest BCUT2D eigenvalue weighted by molar-refractivity contribution is -0.132. The normalized spacial score (nSPS) is 12.6. The highest BCUT2D eigenvalue weighted by Crippen LogP contribution is 2.20. The summed E-state index contributed by atoms with van der Waals surface area (Å²) in [4.78, 5) is 24.5. The minimum atomic E-state index is -1.19. The fourth-order valence-corrected chi connectivity index (χ4v) is 2.31.